The van der Waals surface area contributed by atoms with Gasteiger partial charge in [0.25, 0.3) is 0 Å². The molecule has 1 fully saturated rings. The molecule has 1 heterocycles. The molecule has 248 valence electrons. The van der Waals surface area contributed by atoms with E-state index in [4.69, 9.17) is 18.9 Å². The van der Waals surface area contributed by atoms with Gasteiger partial charge in [-0.25, -0.2) is 4.79 Å². The van der Waals surface area contributed by atoms with Crippen molar-refractivity contribution < 1.29 is 74.2 Å². The van der Waals surface area contributed by atoms with Gasteiger partial charge in [-0.3, -0.25) is 9.59 Å². The zero-order valence-electron chi connectivity index (χ0n) is 24.5. The molecule has 0 aliphatic carbocycles. The predicted octanol–water partition coefficient (Wildman–Crippen LogP) is 1.83. The normalized spacial score (nSPS) is 21.0. The molecule has 0 aromatic heterocycles. The molecule has 3 aromatic rings. The largest absolute Gasteiger partial charge is 0.504 e. The van der Waals surface area contributed by atoms with Gasteiger partial charge in [0.1, 0.15) is 24.9 Å². The van der Waals surface area contributed by atoms with E-state index in [2.05, 4.69) is 0 Å². The van der Waals surface area contributed by atoms with Gasteiger partial charge in [0, 0.05) is 13.0 Å². The minimum absolute atomic E-state index is 0.290. The van der Waals surface area contributed by atoms with Gasteiger partial charge in [-0.2, -0.15) is 0 Å². The summed E-state index contributed by atoms with van der Waals surface area (Å²) in [7, 11) is 0. The van der Waals surface area contributed by atoms with Crippen LogP contribution in [0.25, 0.3) is 12.2 Å². The van der Waals surface area contributed by atoms with Crippen molar-refractivity contribution in [2.24, 2.45) is 0 Å². The van der Waals surface area contributed by atoms with Gasteiger partial charge in [-0.05, 0) is 59.7 Å². The quantitative estimate of drug-likeness (QED) is 0.0672. The summed E-state index contributed by atoms with van der Waals surface area (Å²) in [6, 6.07) is 9.68. The van der Waals surface area contributed by atoms with Crippen molar-refractivity contribution in [3.8, 4) is 40.2 Å². The molecule has 0 amide bonds. The lowest BCUT2D eigenvalue weighted by atomic mass is 9.99. The molecule has 8 N–H and O–H groups in total. The van der Waals surface area contributed by atoms with Gasteiger partial charge in [-0.15, -0.1) is 0 Å². The minimum Gasteiger partial charge on any atom is -0.504 e. The molecule has 15 heteroatoms. The molecule has 4 rings (SSSR count). The number of esters is 2. The second kappa shape index (κ2) is 14.6. The highest BCUT2D eigenvalue weighted by Gasteiger charge is 2.48. The van der Waals surface area contributed by atoms with Crippen molar-refractivity contribution in [1.82, 2.24) is 0 Å². The number of aromatic hydroxyl groups is 6. The van der Waals surface area contributed by atoms with Crippen molar-refractivity contribution >= 4 is 29.9 Å². The van der Waals surface area contributed by atoms with Crippen molar-refractivity contribution in [2.45, 2.75) is 37.6 Å². The first-order valence-corrected chi connectivity index (χ1v) is 13.8. The number of phenols is 6. The lowest BCUT2D eigenvalue weighted by Gasteiger charge is -2.41. The van der Waals surface area contributed by atoms with E-state index >= 15 is 0 Å². The Morgan fingerprint density at radius 1 is 0.766 bits per heavy atom. The van der Waals surface area contributed by atoms with E-state index in [1.165, 1.54) is 42.5 Å². The number of ether oxygens (including phenoxy) is 4. The summed E-state index contributed by atoms with van der Waals surface area (Å²) in [5.41, 5.74) is 0.265. The van der Waals surface area contributed by atoms with Gasteiger partial charge >= 0.3 is 11.9 Å². The molecule has 0 bridgehead atoms. The van der Waals surface area contributed by atoms with Crippen LogP contribution in [0.15, 0.2) is 60.7 Å². The number of carbonyl (C=O) groups excluding carboxylic acids is 3. The van der Waals surface area contributed by atoms with Crippen LogP contribution < -0.4 is 4.74 Å². The van der Waals surface area contributed by atoms with E-state index in [0.29, 0.717) is 5.56 Å². The van der Waals surface area contributed by atoms with Crippen molar-refractivity contribution in [2.75, 3.05) is 6.61 Å². The first-order chi connectivity index (χ1) is 22.2. The van der Waals surface area contributed by atoms with Crippen LogP contribution in [-0.4, -0.2) is 95.9 Å². The van der Waals surface area contributed by atoms with E-state index in [9.17, 15) is 55.2 Å². The summed E-state index contributed by atoms with van der Waals surface area (Å²) in [6.45, 7) is 0.548. The zero-order chi connectivity index (χ0) is 34.4. The summed E-state index contributed by atoms with van der Waals surface area (Å²) in [5, 5.41) is 80.9. The van der Waals surface area contributed by atoms with Crippen molar-refractivity contribution in [3.63, 3.8) is 0 Å². The number of rotatable bonds is 10. The predicted molar refractivity (Wildman–Crippen MR) is 160 cm³/mol. The van der Waals surface area contributed by atoms with Gasteiger partial charge in [0.15, 0.2) is 46.4 Å². The molecular weight excluding hydrogens is 624 g/mol. The molecule has 5 atom stereocenters. The molecule has 1 saturated heterocycles. The fourth-order valence-electron chi connectivity index (χ4n) is 4.33. The Hall–Kier alpha value is -5.77. The number of allylic oxidation sites excluding steroid dienone is 1. The fourth-order valence-corrected chi connectivity index (χ4v) is 4.33. The molecular formula is C32H30O15. The Morgan fingerprint density at radius 2 is 1.36 bits per heavy atom. The molecule has 0 radical (unpaired) electrons. The molecule has 0 spiro atoms. The minimum atomic E-state index is -1.88. The number of aliphatic hydroxyl groups is 2. The van der Waals surface area contributed by atoms with E-state index in [-0.39, 0.29) is 22.6 Å². The van der Waals surface area contributed by atoms with Gasteiger partial charge < -0.3 is 59.8 Å². The van der Waals surface area contributed by atoms with Crippen LogP contribution in [0.2, 0.25) is 0 Å². The monoisotopic (exact) mass is 654 g/mol. The average Bonchev–Trinajstić information content (AvgIpc) is 3.03. The highest BCUT2D eigenvalue weighted by atomic mass is 16.7. The standard InChI is InChI=1S/C32H30O15/c1-15(33)44-14-25-29(42)30(43)31(47-26(39)11-5-17-4-9-21(36)23(38)13-17)32(46-25)45-24-10-6-18(27(40)28(24)41)19(34)7-2-16-3-8-20(35)22(37)12-16/h2-13,25,29-32,35-38,40-43H,14H2,1H3. The van der Waals surface area contributed by atoms with Gasteiger partial charge in [0.2, 0.25) is 12.0 Å². The van der Waals surface area contributed by atoms with Gasteiger partial charge in [-0.1, -0.05) is 18.2 Å². The smallest absolute Gasteiger partial charge is 0.331 e. The summed E-state index contributed by atoms with van der Waals surface area (Å²) < 4.78 is 21.4. The Morgan fingerprint density at radius 3 is 1.94 bits per heavy atom. The maximum Gasteiger partial charge on any atom is 0.331 e. The van der Waals surface area contributed by atoms with E-state index < -0.39 is 83.8 Å². The third kappa shape index (κ3) is 8.29. The van der Waals surface area contributed by atoms with Crippen LogP contribution in [0.5, 0.6) is 40.2 Å². The molecule has 1 aliphatic heterocycles. The summed E-state index contributed by atoms with van der Waals surface area (Å²) in [6.07, 6.45) is -4.15. The molecule has 5 unspecified atom stereocenters. The zero-order valence-corrected chi connectivity index (χ0v) is 24.5. The maximum absolute atomic E-state index is 12.7. The highest BCUT2D eigenvalue weighted by molar-refractivity contribution is 6.09. The van der Waals surface area contributed by atoms with E-state index in [0.717, 1.165) is 37.3 Å². The van der Waals surface area contributed by atoms with E-state index in [1.54, 1.807) is 0 Å². The SMILES string of the molecule is CC(=O)OCC1OC(Oc2ccc(C(=O)C=Cc3ccc(O)c(O)c3)c(O)c2O)C(OC(=O)C=Cc2ccc(O)c(O)c2)C(O)C1O. The number of ketones is 1. The third-order valence-electron chi connectivity index (χ3n) is 6.81. The number of carbonyl (C=O) groups is 3. The van der Waals surface area contributed by atoms with Gasteiger partial charge in [0.05, 0.1) is 5.56 Å². The number of hydrogen-bond acceptors (Lipinski definition) is 15. The van der Waals surface area contributed by atoms with E-state index in [1.807, 2.05) is 0 Å². The Balaban J connectivity index is 1.56. The van der Waals surface area contributed by atoms with Crippen molar-refractivity contribution in [1.29, 1.82) is 0 Å². The lowest BCUT2D eigenvalue weighted by molar-refractivity contribution is -0.282. The second-order valence-corrected chi connectivity index (χ2v) is 10.2. The van der Waals surface area contributed by atoms with Crippen molar-refractivity contribution in [3.05, 3.63) is 77.4 Å². The topological polar surface area (TPSA) is 250 Å². The van der Waals surface area contributed by atoms with Crippen LogP contribution in [0.3, 0.4) is 0 Å². The third-order valence-corrected chi connectivity index (χ3v) is 6.81. The summed E-state index contributed by atoms with van der Waals surface area (Å²) >= 11 is 0. The van der Waals surface area contributed by atoms with Crippen LogP contribution in [0.1, 0.15) is 28.4 Å². The second-order valence-electron chi connectivity index (χ2n) is 10.2. The number of hydrogen-bond donors (Lipinski definition) is 8. The average molecular weight is 655 g/mol. The molecule has 1 aliphatic rings. The first-order valence-electron chi connectivity index (χ1n) is 13.8. The number of benzene rings is 3. The molecule has 47 heavy (non-hydrogen) atoms. The maximum atomic E-state index is 12.7. The number of aliphatic hydroxyl groups excluding tert-OH is 2. The Kier molecular flexibility index (Phi) is 10.6. The lowest BCUT2D eigenvalue weighted by Crippen LogP contribution is -2.61. The summed E-state index contributed by atoms with van der Waals surface area (Å²) in [5.74, 6) is -6.55. The first kappa shape index (κ1) is 34.1. The van der Waals surface area contributed by atoms with Crippen LogP contribution in [0, 0.1) is 0 Å². The molecule has 15 nitrogen and oxygen atoms in total. The summed E-state index contributed by atoms with van der Waals surface area (Å²) in [4.78, 5) is 36.7. The number of phenolic OH excluding ortho intramolecular Hbond substituents is 6. The Bertz CT molecular complexity index is 1710. The van der Waals surface area contributed by atoms with Crippen LogP contribution >= 0.6 is 0 Å². The van der Waals surface area contributed by atoms with Crippen LogP contribution in [-0.2, 0) is 23.8 Å². The fraction of sp³-hybridized carbons (Fsp3) is 0.219. The highest BCUT2D eigenvalue weighted by Crippen LogP contribution is 2.40. The van der Waals surface area contributed by atoms with Crippen LogP contribution in [0.4, 0.5) is 0 Å². The molecule has 0 saturated carbocycles. The molecule has 3 aromatic carbocycles. The Labute approximate surface area is 266 Å².